The van der Waals surface area contributed by atoms with Crippen LogP contribution < -0.4 is 21.9 Å². The molecular formula is C24H25IN2O8. The van der Waals surface area contributed by atoms with Crippen LogP contribution in [0.2, 0.25) is 0 Å². The van der Waals surface area contributed by atoms with Crippen molar-refractivity contribution >= 4 is 46.2 Å². The molecule has 0 radical (unpaired) electrons. The molecule has 0 saturated carbocycles. The summed E-state index contributed by atoms with van der Waals surface area (Å²) in [7, 11) is 0. The van der Waals surface area contributed by atoms with Crippen LogP contribution in [0.25, 0.3) is 0 Å². The number of fused-ring (bicyclic) bond motifs is 2. The lowest BCUT2D eigenvalue weighted by Gasteiger charge is -2.17. The number of hydrogen-bond donors (Lipinski definition) is 2. The van der Waals surface area contributed by atoms with Crippen molar-refractivity contribution in [1.82, 2.24) is 10.6 Å². The third-order valence-electron chi connectivity index (χ3n) is 5.54. The van der Waals surface area contributed by atoms with E-state index in [-0.39, 0.29) is 24.4 Å². The molecule has 35 heavy (non-hydrogen) atoms. The standard InChI is InChI=1S/C12H12INO4.C12H13NO4/c1-2-3-4-6-9-7(18-12(17)10(6)13)5-8(15)14-11(9)16;1-2-3-4-7-5-10(15)17-8-6-9(14)13-12(16)11(7)8/h2-5H2,1H3,(H,14,15,16);5H,2-4,6H2,1H3,(H,13,14,16). The lowest BCUT2D eigenvalue weighted by molar-refractivity contribution is -0.121. The average Bonchev–Trinajstić information content (AvgIpc) is 2.77. The van der Waals surface area contributed by atoms with E-state index < -0.39 is 34.9 Å². The lowest BCUT2D eigenvalue weighted by Crippen LogP contribution is -2.39. The van der Waals surface area contributed by atoms with E-state index in [4.69, 9.17) is 8.83 Å². The molecule has 2 aromatic heterocycles. The van der Waals surface area contributed by atoms with E-state index in [2.05, 4.69) is 10.6 Å². The number of nitrogens with one attached hydrogen (secondary N) is 2. The highest BCUT2D eigenvalue weighted by Gasteiger charge is 2.30. The van der Waals surface area contributed by atoms with Crippen molar-refractivity contribution in [3.05, 3.63) is 64.3 Å². The molecule has 0 atom stereocenters. The highest BCUT2D eigenvalue weighted by atomic mass is 127. The molecule has 0 aliphatic carbocycles. The second kappa shape index (κ2) is 11.6. The van der Waals surface area contributed by atoms with Crippen molar-refractivity contribution in [2.45, 2.75) is 65.2 Å². The molecule has 186 valence electrons. The molecule has 0 aromatic carbocycles. The fraction of sp³-hybridized carbons (Fsp3) is 0.417. The van der Waals surface area contributed by atoms with Gasteiger partial charge in [-0.15, -0.1) is 0 Å². The zero-order chi connectivity index (χ0) is 25.7. The van der Waals surface area contributed by atoms with Crippen molar-refractivity contribution < 1.29 is 28.0 Å². The topological polar surface area (TPSA) is 153 Å². The first-order valence-electron chi connectivity index (χ1n) is 11.3. The highest BCUT2D eigenvalue weighted by Crippen LogP contribution is 2.23. The van der Waals surface area contributed by atoms with Gasteiger partial charge in [-0.1, -0.05) is 26.7 Å². The van der Waals surface area contributed by atoms with Crippen LogP contribution in [0.15, 0.2) is 24.5 Å². The third kappa shape index (κ3) is 6.13. The van der Waals surface area contributed by atoms with Crippen LogP contribution in [-0.2, 0) is 35.3 Å². The molecule has 2 aromatic rings. The van der Waals surface area contributed by atoms with Gasteiger partial charge < -0.3 is 8.83 Å². The number of rotatable bonds is 6. The maximum atomic E-state index is 11.8. The monoisotopic (exact) mass is 596 g/mol. The van der Waals surface area contributed by atoms with Gasteiger partial charge in [0, 0.05) is 6.07 Å². The van der Waals surface area contributed by atoms with Gasteiger partial charge in [0.2, 0.25) is 11.8 Å². The molecule has 10 nitrogen and oxygen atoms in total. The number of carbonyl (C=O) groups excluding carboxylic acids is 4. The van der Waals surface area contributed by atoms with Crippen molar-refractivity contribution in [3.8, 4) is 0 Å². The molecule has 0 fully saturated rings. The Kier molecular flexibility index (Phi) is 8.76. The van der Waals surface area contributed by atoms with Crippen LogP contribution in [0, 0.1) is 3.57 Å². The first kappa shape index (κ1) is 26.5. The molecule has 4 amide bonds. The summed E-state index contributed by atoms with van der Waals surface area (Å²) in [6.45, 7) is 4.07. The normalized spacial score (nSPS) is 14.4. The number of unbranched alkanes of at least 4 members (excludes halogenated alkanes) is 2. The van der Waals surface area contributed by atoms with E-state index in [9.17, 15) is 28.8 Å². The van der Waals surface area contributed by atoms with Crippen molar-refractivity contribution in [2.24, 2.45) is 0 Å². The highest BCUT2D eigenvalue weighted by molar-refractivity contribution is 14.1. The molecule has 0 unspecified atom stereocenters. The van der Waals surface area contributed by atoms with Gasteiger partial charge in [-0.25, -0.2) is 9.59 Å². The van der Waals surface area contributed by atoms with Gasteiger partial charge in [-0.05, 0) is 59.4 Å². The van der Waals surface area contributed by atoms with Gasteiger partial charge >= 0.3 is 11.3 Å². The Labute approximate surface area is 214 Å². The Bertz CT molecular complexity index is 1310. The van der Waals surface area contributed by atoms with Crippen molar-refractivity contribution in [3.63, 3.8) is 0 Å². The minimum Gasteiger partial charge on any atom is -0.426 e. The molecule has 2 aliphatic rings. The molecule has 11 heteroatoms. The summed E-state index contributed by atoms with van der Waals surface area (Å²) in [4.78, 5) is 69.0. The summed E-state index contributed by atoms with van der Waals surface area (Å²) >= 11 is 1.89. The number of aryl methyl sites for hydroxylation is 1. The SMILES string of the molecule is CCCCc1c2c(oc(=O)c1I)CC(=O)NC2=O.CCCCc1cc(=O)oc2c1C(=O)NC(=O)C2. The van der Waals surface area contributed by atoms with Gasteiger partial charge in [0.05, 0.1) is 24.0 Å². The van der Waals surface area contributed by atoms with E-state index in [1.165, 1.54) is 6.07 Å². The Balaban J connectivity index is 0.000000196. The van der Waals surface area contributed by atoms with Crippen LogP contribution in [0.4, 0.5) is 0 Å². The molecule has 0 spiro atoms. The van der Waals surface area contributed by atoms with Crippen molar-refractivity contribution in [2.75, 3.05) is 0 Å². The molecule has 0 saturated heterocycles. The summed E-state index contributed by atoms with van der Waals surface area (Å²) in [5.74, 6) is -1.41. The van der Waals surface area contributed by atoms with E-state index >= 15 is 0 Å². The van der Waals surface area contributed by atoms with Crippen LogP contribution in [0.5, 0.6) is 0 Å². The van der Waals surface area contributed by atoms with Gasteiger partial charge in [-0.2, -0.15) is 0 Å². The number of hydrogen-bond acceptors (Lipinski definition) is 8. The van der Waals surface area contributed by atoms with E-state index in [0.717, 1.165) is 25.7 Å². The van der Waals surface area contributed by atoms with Crippen LogP contribution in [0.1, 0.15) is 82.9 Å². The number of halogens is 1. The van der Waals surface area contributed by atoms with E-state index in [1.54, 1.807) is 0 Å². The molecule has 4 heterocycles. The molecule has 2 N–H and O–H groups in total. The predicted molar refractivity (Wildman–Crippen MR) is 132 cm³/mol. The Morgan fingerprint density at radius 3 is 1.94 bits per heavy atom. The predicted octanol–water partition coefficient (Wildman–Crippen LogP) is 2.19. The maximum absolute atomic E-state index is 11.8. The molecule has 2 aliphatic heterocycles. The Morgan fingerprint density at radius 1 is 0.800 bits per heavy atom. The Hall–Kier alpha value is -3.09. The molecule has 4 rings (SSSR count). The zero-order valence-electron chi connectivity index (χ0n) is 19.4. The summed E-state index contributed by atoms with van der Waals surface area (Å²) in [6.07, 6.45) is 4.89. The lowest BCUT2D eigenvalue weighted by atomic mass is 9.98. The summed E-state index contributed by atoms with van der Waals surface area (Å²) in [6, 6.07) is 1.34. The van der Waals surface area contributed by atoms with Gasteiger partial charge in [0.15, 0.2) is 0 Å². The second-order valence-electron chi connectivity index (χ2n) is 8.18. The van der Waals surface area contributed by atoms with Gasteiger partial charge in [0.25, 0.3) is 11.8 Å². The first-order chi connectivity index (χ1) is 16.7. The zero-order valence-corrected chi connectivity index (χ0v) is 21.5. The summed E-state index contributed by atoms with van der Waals surface area (Å²) in [5.41, 5.74) is 1.13. The van der Waals surface area contributed by atoms with Gasteiger partial charge in [-0.3, -0.25) is 29.8 Å². The second-order valence-corrected chi connectivity index (χ2v) is 9.26. The quantitative estimate of drug-likeness (QED) is 0.380. The molecular weight excluding hydrogens is 571 g/mol. The first-order valence-corrected chi connectivity index (χ1v) is 12.4. The largest absolute Gasteiger partial charge is 0.426 e. The minimum absolute atomic E-state index is 0.0454. The van der Waals surface area contributed by atoms with Gasteiger partial charge in [0.1, 0.15) is 15.1 Å². The minimum atomic E-state index is -0.502. The van der Waals surface area contributed by atoms with E-state index in [1.807, 2.05) is 36.4 Å². The molecule has 0 bridgehead atoms. The van der Waals surface area contributed by atoms with Crippen LogP contribution in [0.3, 0.4) is 0 Å². The summed E-state index contributed by atoms with van der Waals surface area (Å²) < 4.78 is 10.4. The average molecular weight is 596 g/mol. The van der Waals surface area contributed by atoms with Crippen LogP contribution in [-0.4, -0.2) is 23.6 Å². The third-order valence-corrected chi connectivity index (χ3v) is 6.63. The number of carbonyl (C=O) groups is 4. The summed E-state index contributed by atoms with van der Waals surface area (Å²) in [5, 5.41) is 4.49. The fourth-order valence-corrected chi connectivity index (χ4v) is 4.55. The van der Waals surface area contributed by atoms with E-state index in [0.29, 0.717) is 38.7 Å². The van der Waals surface area contributed by atoms with Crippen LogP contribution >= 0.6 is 22.6 Å². The number of amides is 4. The fourth-order valence-electron chi connectivity index (χ4n) is 3.90. The maximum Gasteiger partial charge on any atom is 0.349 e. The van der Waals surface area contributed by atoms with Crippen molar-refractivity contribution in [1.29, 1.82) is 0 Å². The Morgan fingerprint density at radius 2 is 1.34 bits per heavy atom. The number of imide groups is 2. The smallest absolute Gasteiger partial charge is 0.349 e.